The number of ether oxygens (including phenoxy) is 1. The Morgan fingerprint density at radius 1 is 1.48 bits per heavy atom. The molecule has 10 heteroatoms. The van der Waals surface area contributed by atoms with Crippen molar-refractivity contribution in [3.63, 3.8) is 0 Å². The van der Waals surface area contributed by atoms with Crippen molar-refractivity contribution in [3.05, 3.63) is 41.5 Å². The van der Waals surface area contributed by atoms with Gasteiger partial charge in [-0.25, -0.2) is 9.18 Å². The van der Waals surface area contributed by atoms with Crippen LogP contribution in [0.25, 0.3) is 0 Å². The Kier molecular flexibility index (Phi) is 4.78. The zero-order valence-electron chi connectivity index (χ0n) is 13.5. The average Bonchev–Trinajstić information content (AvgIpc) is 3.13. The highest BCUT2D eigenvalue weighted by molar-refractivity contribution is 5.82. The first kappa shape index (κ1) is 16.7. The fourth-order valence-corrected chi connectivity index (χ4v) is 2.66. The highest BCUT2D eigenvalue weighted by Crippen LogP contribution is 2.26. The van der Waals surface area contributed by atoms with Crippen LogP contribution in [0.15, 0.2) is 24.4 Å². The summed E-state index contributed by atoms with van der Waals surface area (Å²) in [5.41, 5.74) is 1.22. The molecule has 3 N–H and O–H groups in total. The molecule has 2 amide bonds. The number of halogens is 1. The quantitative estimate of drug-likeness (QED) is 0.734. The highest BCUT2D eigenvalue weighted by Gasteiger charge is 2.23. The van der Waals surface area contributed by atoms with E-state index in [9.17, 15) is 14.0 Å². The molecule has 1 atom stereocenters. The summed E-state index contributed by atoms with van der Waals surface area (Å²) in [7, 11) is 1.24. The Bertz CT molecular complexity index is 767. The maximum Gasteiger partial charge on any atom is 0.407 e. The third kappa shape index (κ3) is 3.67. The topological polar surface area (TPSA) is 112 Å². The number of amides is 2. The average molecular weight is 348 g/mol. The van der Waals surface area contributed by atoms with E-state index >= 15 is 0 Å². The van der Waals surface area contributed by atoms with Crippen molar-refractivity contribution in [3.8, 4) is 0 Å². The van der Waals surface area contributed by atoms with Gasteiger partial charge in [0.2, 0.25) is 5.91 Å². The van der Waals surface area contributed by atoms with Gasteiger partial charge in [0.15, 0.2) is 0 Å². The molecule has 25 heavy (non-hydrogen) atoms. The van der Waals surface area contributed by atoms with Gasteiger partial charge >= 0.3 is 6.09 Å². The Morgan fingerprint density at radius 3 is 2.96 bits per heavy atom. The minimum atomic E-state index is -0.723. The number of carbonyl (C=O) groups excluding carboxylic acids is 2. The molecule has 0 saturated carbocycles. The van der Waals surface area contributed by atoms with Crippen LogP contribution < -0.4 is 15.5 Å². The van der Waals surface area contributed by atoms with Crippen LogP contribution in [0.2, 0.25) is 0 Å². The van der Waals surface area contributed by atoms with Crippen LogP contribution in [0.1, 0.15) is 17.3 Å². The molecule has 1 fully saturated rings. The first-order chi connectivity index (χ1) is 12.1. The van der Waals surface area contributed by atoms with Crippen molar-refractivity contribution in [2.24, 2.45) is 0 Å². The number of carbonyl (C=O) groups is 2. The number of H-pyrrole nitrogens is 1. The van der Waals surface area contributed by atoms with E-state index in [0.29, 0.717) is 30.0 Å². The minimum absolute atomic E-state index is 0.101. The summed E-state index contributed by atoms with van der Waals surface area (Å²) in [6.07, 6.45) is 0.756. The number of anilines is 1. The monoisotopic (exact) mass is 348 g/mol. The van der Waals surface area contributed by atoms with Crippen molar-refractivity contribution in [2.75, 3.05) is 31.6 Å². The molecule has 0 spiro atoms. The fraction of sp³-hybridized carbons (Fsp3) is 0.333. The first-order valence-electron chi connectivity index (χ1n) is 7.59. The van der Waals surface area contributed by atoms with Crippen LogP contribution in [0.4, 0.5) is 14.9 Å². The van der Waals surface area contributed by atoms with E-state index in [1.54, 1.807) is 17.0 Å². The number of nitrogens with one attached hydrogen (secondary N) is 3. The van der Waals surface area contributed by atoms with Gasteiger partial charge in [0, 0.05) is 13.1 Å². The van der Waals surface area contributed by atoms with Gasteiger partial charge in [-0.2, -0.15) is 15.4 Å². The summed E-state index contributed by atoms with van der Waals surface area (Å²) in [4.78, 5) is 24.7. The van der Waals surface area contributed by atoms with E-state index in [1.807, 2.05) is 0 Å². The number of aromatic nitrogens is 3. The van der Waals surface area contributed by atoms with Crippen LogP contribution in [0, 0.1) is 5.82 Å². The molecule has 9 nitrogen and oxygen atoms in total. The van der Waals surface area contributed by atoms with Gasteiger partial charge in [0.05, 0.1) is 25.5 Å². The molecule has 0 aliphatic carbocycles. The van der Waals surface area contributed by atoms with Gasteiger partial charge < -0.3 is 20.3 Å². The number of hydrogen-bond donors (Lipinski definition) is 3. The van der Waals surface area contributed by atoms with Crippen molar-refractivity contribution in [2.45, 2.75) is 6.04 Å². The number of benzene rings is 1. The van der Waals surface area contributed by atoms with Gasteiger partial charge in [0.25, 0.3) is 0 Å². The van der Waals surface area contributed by atoms with Crippen LogP contribution in [-0.2, 0) is 9.53 Å². The molecular weight excluding hydrogens is 331 g/mol. The van der Waals surface area contributed by atoms with Gasteiger partial charge in [-0.1, -0.05) is 6.07 Å². The van der Waals surface area contributed by atoms with E-state index < -0.39 is 18.0 Å². The third-order valence-corrected chi connectivity index (χ3v) is 3.86. The van der Waals surface area contributed by atoms with Crippen LogP contribution in [0.3, 0.4) is 0 Å². The summed E-state index contributed by atoms with van der Waals surface area (Å²) >= 11 is 0. The van der Waals surface area contributed by atoms with E-state index in [2.05, 4.69) is 30.8 Å². The Balaban J connectivity index is 1.88. The molecule has 3 rings (SSSR count). The summed E-state index contributed by atoms with van der Waals surface area (Å²) < 4.78 is 19.2. The second kappa shape index (κ2) is 7.16. The zero-order chi connectivity index (χ0) is 17.8. The standard InChI is InChI=1S/C15H17FN6O3/c1-25-15(24)19-14(11-7-18-21-20-11)9-2-3-12(10(16)6-9)22-5-4-17-13(23)8-22/h2-3,6-7,14H,4-5,8H2,1H3,(H,17,23)(H,19,24)(H,18,20,21). The Labute approximate surface area is 142 Å². The number of rotatable bonds is 4. The van der Waals surface area contributed by atoms with Crippen LogP contribution in [-0.4, -0.2) is 54.2 Å². The molecule has 1 aromatic carbocycles. The van der Waals surface area contributed by atoms with Crippen molar-refractivity contribution < 1.29 is 18.7 Å². The van der Waals surface area contributed by atoms with Gasteiger partial charge in [-0.3, -0.25) is 4.79 Å². The van der Waals surface area contributed by atoms with E-state index in [1.165, 1.54) is 19.4 Å². The number of piperazine rings is 1. The molecule has 1 aliphatic heterocycles. The molecule has 1 saturated heterocycles. The second-order valence-corrected chi connectivity index (χ2v) is 5.45. The van der Waals surface area contributed by atoms with Crippen molar-refractivity contribution in [1.29, 1.82) is 0 Å². The Hall–Kier alpha value is -3.17. The number of aromatic amines is 1. The SMILES string of the molecule is COC(=O)NC(c1ccc(N2CCNC(=O)C2)c(F)c1)c1cn[nH]n1. The highest BCUT2D eigenvalue weighted by atomic mass is 19.1. The molecule has 0 bridgehead atoms. The van der Waals surface area contributed by atoms with E-state index in [4.69, 9.17) is 0 Å². The molecule has 1 aromatic heterocycles. The van der Waals surface area contributed by atoms with Gasteiger partial charge in [-0.15, -0.1) is 0 Å². The van der Waals surface area contributed by atoms with E-state index in [0.717, 1.165) is 0 Å². The lowest BCUT2D eigenvalue weighted by Crippen LogP contribution is -2.48. The van der Waals surface area contributed by atoms with Gasteiger partial charge in [-0.05, 0) is 17.7 Å². The fourth-order valence-electron chi connectivity index (χ4n) is 2.66. The van der Waals surface area contributed by atoms with Crippen molar-refractivity contribution >= 4 is 17.7 Å². The molecule has 2 aromatic rings. The lowest BCUT2D eigenvalue weighted by Gasteiger charge is -2.29. The molecule has 2 heterocycles. The third-order valence-electron chi connectivity index (χ3n) is 3.86. The minimum Gasteiger partial charge on any atom is -0.453 e. The molecule has 132 valence electrons. The molecule has 0 radical (unpaired) electrons. The lowest BCUT2D eigenvalue weighted by atomic mass is 10.0. The molecule has 1 aliphatic rings. The second-order valence-electron chi connectivity index (χ2n) is 5.45. The number of nitrogens with zero attached hydrogens (tertiary/aromatic N) is 3. The largest absolute Gasteiger partial charge is 0.453 e. The summed E-state index contributed by atoms with van der Waals surface area (Å²) in [6.45, 7) is 1.09. The van der Waals surface area contributed by atoms with Crippen molar-refractivity contribution in [1.82, 2.24) is 26.0 Å². The number of hydrogen-bond acceptors (Lipinski definition) is 6. The maximum atomic E-state index is 14.6. The van der Waals surface area contributed by atoms with Crippen LogP contribution in [0.5, 0.6) is 0 Å². The summed E-state index contributed by atoms with van der Waals surface area (Å²) in [6, 6.07) is 3.83. The zero-order valence-corrected chi connectivity index (χ0v) is 13.5. The van der Waals surface area contributed by atoms with E-state index in [-0.39, 0.29) is 12.5 Å². The predicted octanol–water partition coefficient (Wildman–Crippen LogP) is 0.325. The van der Waals surface area contributed by atoms with Gasteiger partial charge in [0.1, 0.15) is 17.6 Å². The maximum absolute atomic E-state index is 14.6. The number of alkyl carbamates (subject to hydrolysis) is 1. The van der Waals surface area contributed by atoms with Crippen LogP contribution >= 0.6 is 0 Å². The first-order valence-corrected chi connectivity index (χ1v) is 7.59. The molecular formula is C15H17FN6O3. The number of methoxy groups -OCH3 is 1. The lowest BCUT2D eigenvalue weighted by molar-refractivity contribution is -0.120. The predicted molar refractivity (Wildman–Crippen MR) is 85.4 cm³/mol. The molecule has 1 unspecified atom stereocenters. The Morgan fingerprint density at radius 2 is 2.32 bits per heavy atom. The summed E-state index contributed by atoms with van der Waals surface area (Å²) in [5.74, 6) is -0.644. The summed E-state index contributed by atoms with van der Waals surface area (Å²) in [5, 5.41) is 15.4. The normalized spacial score (nSPS) is 15.4. The smallest absolute Gasteiger partial charge is 0.407 e.